The summed E-state index contributed by atoms with van der Waals surface area (Å²) in [6.45, 7) is 7.42. The molecule has 0 aliphatic rings. The number of hydrogen-bond donors (Lipinski definition) is 2. The fourth-order valence-electron chi connectivity index (χ4n) is 0.986. The maximum atomic E-state index is 9.14. The minimum absolute atomic E-state index is 0.0479. The van der Waals surface area contributed by atoms with E-state index in [0.717, 1.165) is 26.1 Å². The van der Waals surface area contributed by atoms with E-state index in [1.807, 2.05) is 0 Å². The molecule has 3 nitrogen and oxygen atoms in total. The topological polar surface area (TPSA) is 35.5 Å². The van der Waals surface area contributed by atoms with Crippen molar-refractivity contribution in [3.63, 3.8) is 0 Å². The number of aliphatic hydroxyl groups excluding tert-OH is 1. The maximum absolute atomic E-state index is 9.14. The zero-order chi connectivity index (χ0) is 10.3. The van der Waals surface area contributed by atoms with Crippen LogP contribution in [0.15, 0.2) is 0 Å². The van der Waals surface area contributed by atoms with Crippen molar-refractivity contribution in [3.05, 3.63) is 0 Å². The molecule has 0 spiro atoms. The average Bonchev–Trinajstić information content (AvgIpc) is 2.12. The summed E-state index contributed by atoms with van der Waals surface area (Å²) in [7, 11) is 4.12. The highest BCUT2D eigenvalue weighted by Crippen LogP contribution is 2.17. The molecule has 1 unspecified atom stereocenters. The quantitative estimate of drug-likeness (QED) is 0.573. The second-order valence-electron chi connectivity index (χ2n) is 4.30. The van der Waals surface area contributed by atoms with Crippen molar-refractivity contribution in [2.75, 3.05) is 40.3 Å². The summed E-state index contributed by atoms with van der Waals surface area (Å²) >= 11 is 0. The van der Waals surface area contributed by atoms with Gasteiger partial charge in [-0.1, -0.05) is 13.8 Å². The molecular weight excluding hydrogens is 164 g/mol. The van der Waals surface area contributed by atoms with Gasteiger partial charge in [-0.3, -0.25) is 0 Å². The molecule has 13 heavy (non-hydrogen) atoms. The number of aliphatic hydroxyl groups is 1. The van der Waals surface area contributed by atoms with Crippen LogP contribution in [0.4, 0.5) is 0 Å². The van der Waals surface area contributed by atoms with E-state index in [-0.39, 0.29) is 12.0 Å². The number of nitrogens with one attached hydrogen (secondary N) is 1. The van der Waals surface area contributed by atoms with Crippen LogP contribution in [0.1, 0.15) is 20.3 Å². The summed E-state index contributed by atoms with van der Waals surface area (Å²) in [4.78, 5) is 2.15. The third-order valence-electron chi connectivity index (χ3n) is 2.52. The van der Waals surface area contributed by atoms with Crippen molar-refractivity contribution in [1.82, 2.24) is 10.2 Å². The van der Waals surface area contributed by atoms with Crippen molar-refractivity contribution in [2.24, 2.45) is 5.41 Å². The minimum atomic E-state index is 0.0479. The van der Waals surface area contributed by atoms with Crippen LogP contribution in [0.5, 0.6) is 0 Å². The van der Waals surface area contributed by atoms with Gasteiger partial charge in [-0.25, -0.2) is 0 Å². The first kappa shape index (κ1) is 12.9. The van der Waals surface area contributed by atoms with Crippen molar-refractivity contribution in [2.45, 2.75) is 20.3 Å². The first-order valence-electron chi connectivity index (χ1n) is 5.00. The summed E-state index contributed by atoms with van der Waals surface area (Å²) < 4.78 is 0. The summed E-state index contributed by atoms with van der Waals surface area (Å²) in [6, 6.07) is 0. The molecule has 0 aromatic heterocycles. The number of likely N-dealkylation sites (N-methyl/N-ethyl adjacent to an activating group) is 1. The monoisotopic (exact) mass is 188 g/mol. The molecule has 0 amide bonds. The van der Waals surface area contributed by atoms with Crippen molar-refractivity contribution >= 4 is 0 Å². The highest BCUT2D eigenvalue weighted by molar-refractivity contribution is 4.74. The van der Waals surface area contributed by atoms with E-state index in [2.05, 4.69) is 38.2 Å². The van der Waals surface area contributed by atoms with Crippen LogP contribution in [0, 0.1) is 5.41 Å². The van der Waals surface area contributed by atoms with Crippen LogP contribution in [-0.4, -0.2) is 50.3 Å². The third kappa shape index (κ3) is 6.02. The lowest BCUT2D eigenvalue weighted by Gasteiger charge is -2.26. The second kappa shape index (κ2) is 6.35. The van der Waals surface area contributed by atoms with Gasteiger partial charge in [0.25, 0.3) is 0 Å². The Bertz CT molecular complexity index is 122. The highest BCUT2D eigenvalue weighted by Gasteiger charge is 2.19. The smallest absolute Gasteiger partial charge is 0.0496 e. The maximum Gasteiger partial charge on any atom is 0.0496 e. The molecule has 0 saturated heterocycles. The van der Waals surface area contributed by atoms with Crippen molar-refractivity contribution < 1.29 is 5.11 Å². The van der Waals surface area contributed by atoms with E-state index in [0.29, 0.717) is 0 Å². The molecule has 0 aromatic carbocycles. The fourth-order valence-corrected chi connectivity index (χ4v) is 0.986. The first-order valence-corrected chi connectivity index (χ1v) is 5.00. The Labute approximate surface area is 82.1 Å². The Morgan fingerprint density at radius 2 is 2.00 bits per heavy atom. The molecule has 0 bridgehead atoms. The Hall–Kier alpha value is -0.120. The van der Waals surface area contributed by atoms with Crippen LogP contribution in [0.2, 0.25) is 0 Å². The molecule has 0 aliphatic carbocycles. The van der Waals surface area contributed by atoms with E-state index in [1.54, 1.807) is 0 Å². The minimum Gasteiger partial charge on any atom is -0.396 e. The molecular formula is C10H24N2O. The van der Waals surface area contributed by atoms with E-state index in [4.69, 9.17) is 5.11 Å². The molecule has 0 heterocycles. The Balaban J connectivity index is 3.50. The van der Waals surface area contributed by atoms with Gasteiger partial charge in [-0.2, -0.15) is 0 Å². The second-order valence-corrected chi connectivity index (χ2v) is 4.30. The molecule has 1 atom stereocenters. The highest BCUT2D eigenvalue weighted by atomic mass is 16.3. The van der Waals surface area contributed by atoms with Gasteiger partial charge in [0.2, 0.25) is 0 Å². The first-order chi connectivity index (χ1) is 6.04. The van der Waals surface area contributed by atoms with Crippen molar-refractivity contribution in [1.29, 1.82) is 0 Å². The lowest BCUT2D eigenvalue weighted by atomic mass is 9.89. The summed E-state index contributed by atoms with van der Waals surface area (Å²) in [5, 5.41) is 12.5. The number of rotatable bonds is 7. The summed E-state index contributed by atoms with van der Waals surface area (Å²) in [5.41, 5.74) is 0.0479. The number of hydrogen-bond acceptors (Lipinski definition) is 3. The van der Waals surface area contributed by atoms with E-state index in [9.17, 15) is 0 Å². The molecule has 0 rings (SSSR count). The normalized spacial score (nSPS) is 16.2. The van der Waals surface area contributed by atoms with Crippen LogP contribution in [0.25, 0.3) is 0 Å². The molecule has 2 N–H and O–H groups in total. The van der Waals surface area contributed by atoms with Gasteiger partial charge < -0.3 is 15.3 Å². The summed E-state index contributed by atoms with van der Waals surface area (Å²) in [5.74, 6) is 0. The fraction of sp³-hybridized carbons (Fsp3) is 1.00. The zero-order valence-electron chi connectivity index (χ0n) is 9.43. The number of nitrogens with zero attached hydrogens (tertiary/aromatic N) is 1. The molecule has 3 heteroatoms. The standard InChI is InChI=1S/C10H24N2O/c1-5-10(2,9-13)8-11-6-7-12(3)4/h11,13H,5-9H2,1-4H3. The van der Waals surface area contributed by atoms with Crippen LogP contribution < -0.4 is 5.32 Å². The van der Waals surface area contributed by atoms with Crippen LogP contribution >= 0.6 is 0 Å². The van der Waals surface area contributed by atoms with Crippen molar-refractivity contribution in [3.8, 4) is 0 Å². The molecule has 80 valence electrons. The molecule has 0 fully saturated rings. The lowest BCUT2D eigenvalue weighted by Crippen LogP contribution is -2.37. The van der Waals surface area contributed by atoms with Gasteiger partial charge in [-0.15, -0.1) is 0 Å². The van der Waals surface area contributed by atoms with Crippen LogP contribution in [-0.2, 0) is 0 Å². The SMILES string of the molecule is CCC(C)(CO)CNCCN(C)C. The van der Waals surface area contributed by atoms with E-state index < -0.39 is 0 Å². The van der Waals surface area contributed by atoms with Gasteiger partial charge in [0, 0.05) is 31.7 Å². The van der Waals surface area contributed by atoms with Gasteiger partial charge in [0.15, 0.2) is 0 Å². The summed E-state index contributed by atoms with van der Waals surface area (Å²) in [6.07, 6.45) is 1.01. The predicted molar refractivity (Wildman–Crippen MR) is 56.9 cm³/mol. The third-order valence-corrected chi connectivity index (χ3v) is 2.52. The molecule has 0 saturated carbocycles. The molecule has 0 aromatic rings. The zero-order valence-corrected chi connectivity index (χ0v) is 9.43. The van der Waals surface area contributed by atoms with E-state index >= 15 is 0 Å². The van der Waals surface area contributed by atoms with Gasteiger partial charge in [-0.05, 0) is 20.5 Å². The predicted octanol–water partition coefficient (Wildman–Crippen LogP) is 0.546. The van der Waals surface area contributed by atoms with Gasteiger partial charge >= 0.3 is 0 Å². The van der Waals surface area contributed by atoms with Gasteiger partial charge in [0.05, 0.1) is 0 Å². The van der Waals surface area contributed by atoms with Gasteiger partial charge in [0.1, 0.15) is 0 Å². The molecule has 0 radical (unpaired) electrons. The average molecular weight is 188 g/mol. The van der Waals surface area contributed by atoms with Crippen LogP contribution in [0.3, 0.4) is 0 Å². The Morgan fingerprint density at radius 1 is 1.38 bits per heavy atom. The molecule has 0 aliphatic heterocycles. The van der Waals surface area contributed by atoms with E-state index in [1.165, 1.54) is 0 Å². The lowest BCUT2D eigenvalue weighted by molar-refractivity contribution is 0.135. The Morgan fingerprint density at radius 3 is 2.38 bits per heavy atom. The Kier molecular flexibility index (Phi) is 6.29. The largest absolute Gasteiger partial charge is 0.396 e.